The Morgan fingerprint density at radius 2 is 1.71 bits per heavy atom. The van der Waals surface area contributed by atoms with E-state index in [9.17, 15) is 4.79 Å². The van der Waals surface area contributed by atoms with Gasteiger partial charge in [-0.25, -0.2) is 9.59 Å². The lowest BCUT2D eigenvalue weighted by Crippen LogP contribution is -2.41. The van der Waals surface area contributed by atoms with Gasteiger partial charge in [-0.1, -0.05) is 15.9 Å². The van der Waals surface area contributed by atoms with Crippen LogP contribution in [0, 0.1) is 0 Å². The first-order chi connectivity index (χ1) is 11.3. The van der Waals surface area contributed by atoms with Crippen LogP contribution >= 0.6 is 31.9 Å². The number of carbonyl (C=O) groups excluding carboxylic acids is 1. The number of anilines is 1. The van der Waals surface area contributed by atoms with Gasteiger partial charge in [0.05, 0.1) is 25.4 Å². The molecule has 8 nitrogen and oxygen atoms in total. The molecule has 0 radical (unpaired) electrons. The average molecular weight is 468 g/mol. The van der Waals surface area contributed by atoms with Gasteiger partial charge in [-0.15, -0.1) is 0 Å². The van der Waals surface area contributed by atoms with Crippen molar-refractivity contribution in [1.82, 2.24) is 4.90 Å². The molecule has 0 unspecified atom stereocenters. The number of benzene rings is 1. The predicted octanol–water partition coefficient (Wildman–Crippen LogP) is 1.64. The molecule has 0 aromatic heterocycles. The van der Waals surface area contributed by atoms with E-state index in [4.69, 9.17) is 24.5 Å². The van der Waals surface area contributed by atoms with Crippen LogP contribution < -0.4 is 5.32 Å². The summed E-state index contributed by atoms with van der Waals surface area (Å²) in [5.74, 6) is -3.65. The molecule has 1 aromatic rings. The minimum Gasteiger partial charge on any atom is -0.473 e. The number of hydrogen-bond acceptors (Lipinski definition) is 5. The molecule has 0 aliphatic carbocycles. The summed E-state index contributed by atoms with van der Waals surface area (Å²) in [5, 5.41) is 17.7. The second-order valence-electron chi connectivity index (χ2n) is 4.67. The smallest absolute Gasteiger partial charge is 0.414 e. The van der Waals surface area contributed by atoms with Crippen molar-refractivity contribution in [3.63, 3.8) is 0 Å². The quantitative estimate of drug-likeness (QED) is 0.578. The predicted molar refractivity (Wildman–Crippen MR) is 93.0 cm³/mol. The largest absolute Gasteiger partial charge is 0.473 e. The fraction of sp³-hybridized carbons (Fsp3) is 0.357. The Morgan fingerprint density at radius 1 is 1.12 bits per heavy atom. The highest BCUT2D eigenvalue weighted by atomic mass is 79.9. The Bertz CT molecular complexity index is 593. The lowest BCUT2D eigenvalue weighted by molar-refractivity contribution is -0.159. The molecule has 0 atom stereocenters. The number of carbonyl (C=O) groups is 3. The van der Waals surface area contributed by atoms with Crippen LogP contribution in [-0.4, -0.2) is 65.8 Å². The molecule has 1 saturated heterocycles. The molecule has 1 fully saturated rings. The van der Waals surface area contributed by atoms with E-state index in [-0.39, 0.29) is 5.91 Å². The van der Waals surface area contributed by atoms with Gasteiger partial charge in [0.2, 0.25) is 5.91 Å². The third-order valence-corrected chi connectivity index (χ3v) is 4.01. The summed E-state index contributed by atoms with van der Waals surface area (Å²) in [4.78, 5) is 32.2. The van der Waals surface area contributed by atoms with Gasteiger partial charge in [-0.05, 0) is 34.1 Å². The summed E-state index contributed by atoms with van der Waals surface area (Å²) in [6, 6.07) is 5.67. The van der Waals surface area contributed by atoms with Gasteiger partial charge in [0.25, 0.3) is 0 Å². The molecule has 1 aromatic carbocycles. The Hall–Kier alpha value is -1.49. The molecule has 1 aliphatic heterocycles. The second kappa shape index (κ2) is 10.4. The molecule has 0 spiro atoms. The first-order valence-electron chi connectivity index (χ1n) is 6.81. The number of carboxylic acids is 2. The fourth-order valence-corrected chi connectivity index (χ4v) is 2.89. The maximum Gasteiger partial charge on any atom is 0.414 e. The van der Waals surface area contributed by atoms with Gasteiger partial charge < -0.3 is 20.3 Å². The summed E-state index contributed by atoms with van der Waals surface area (Å²) < 4.78 is 7.09. The van der Waals surface area contributed by atoms with Crippen molar-refractivity contribution in [3.8, 4) is 0 Å². The number of aliphatic carboxylic acids is 2. The summed E-state index contributed by atoms with van der Waals surface area (Å²) in [6.07, 6.45) is 0. The number of amides is 1. The number of rotatable bonds is 3. The summed E-state index contributed by atoms with van der Waals surface area (Å²) >= 11 is 6.80. The van der Waals surface area contributed by atoms with E-state index in [1.165, 1.54) is 0 Å². The maximum absolute atomic E-state index is 11.9. The SMILES string of the molecule is O=C(CN1CCOCC1)Nc1ccc(Br)cc1Br.O=C(O)C(=O)O. The third kappa shape index (κ3) is 7.86. The molecule has 1 heterocycles. The molecule has 2 rings (SSSR count). The van der Waals surface area contributed by atoms with E-state index in [1.807, 2.05) is 18.2 Å². The van der Waals surface area contributed by atoms with Crippen molar-refractivity contribution >= 4 is 55.4 Å². The maximum atomic E-state index is 11.9. The van der Waals surface area contributed by atoms with Crippen molar-refractivity contribution in [2.45, 2.75) is 0 Å². The van der Waals surface area contributed by atoms with Crippen LogP contribution in [-0.2, 0) is 19.1 Å². The normalized spacial score (nSPS) is 14.2. The van der Waals surface area contributed by atoms with Gasteiger partial charge in [-0.2, -0.15) is 0 Å². The zero-order valence-corrected chi connectivity index (χ0v) is 15.7. The molecular formula is C14H16Br2N2O6. The minimum atomic E-state index is -1.82. The van der Waals surface area contributed by atoms with Crippen LogP contribution in [0.15, 0.2) is 27.1 Å². The van der Waals surface area contributed by atoms with Crippen molar-refractivity contribution in [2.24, 2.45) is 0 Å². The van der Waals surface area contributed by atoms with Crippen molar-refractivity contribution in [1.29, 1.82) is 0 Å². The zero-order valence-electron chi connectivity index (χ0n) is 12.5. The summed E-state index contributed by atoms with van der Waals surface area (Å²) in [5.41, 5.74) is 0.788. The lowest BCUT2D eigenvalue weighted by atomic mass is 10.3. The molecule has 1 aliphatic rings. The zero-order chi connectivity index (χ0) is 18.1. The fourth-order valence-electron chi connectivity index (χ4n) is 1.74. The number of nitrogens with one attached hydrogen (secondary N) is 1. The van der Waals surface area contributed by atoms with E-state index >= 15 is 0 Å². The first-order valence-corrected chi connectivity index (χ1v) is 8.39. The third-order valence-electron chi connectivity index (χ3n) is 2.86. The first kappa shape index (κ1) is 20.6. The summed E-state index contributed by atoms with van der Waals surface area (Å²) in [7, 11) is 0. The van der Waals surface area contributed by atoms with Gasteiger partial charge in [-0.3, -0.25) is 9.69 Å². The standard InChI is InChI=1S/C12H14Br2N2O2.C2H2O4/c13-9-1-2-11(10(14)7-9)15-12(17)8-16-3-5-18-6-4-16;3-1(4)2(5)6/h1-2,7H,3-6,8H2,(H,15,17);(H,3,4)(H,5,6). The highest BCUT2D eigenvalue weighted by Crippen LogP contribution is 2.26. The molecule has 0 bridgehead atoms. The van der Waals surface area contributed by atoms with Gasteiger partial charge in [0.1, 0.15) is 0 Å². The monoisotopic (exact) mass is 466 g/mol. The van der Waals surface area contributed by atoms with E-state index in [0.29, 0.717) is 19.8 Å². The molecule has 3 N–H and O–H groups in total. The molecular weight excluding hydrogens is 452 g/mol. The van der Waals surface area contributed by atoms with Crippen LogP contribution in [0.3, 0.4) is 0 Å². The summed E-state index contributed by atoms with van der Waals surface area (Å²) in [6.45, 7) is 3.44. The average Bonchev–Trinajstić information content (AvgIpc) is 2.51. The van der Waals surface area contributed by atoms with Crippen LogP contribution in [0.25, 0.3) is 0 Å². The number of hydrogen-bond donors (Lipinski definition) is 3. The molecule has 10 heteroatoms. The lowest BCUT2D eigenvalue weighted by Gasteiger charge is -2.25. The van der Waals surface area contributed by atoms with Crippen LogP contribution in [0.4, 0.5) is 5.69 Å². The highest BCUT2D eigenvalue weighted by molar-refractivity contribution is 9.11. The van der Waals surface area contributed by atoms with Crippen LogP contribution in [0.1, 0.15) is 0 Å². The van der Waals surface area contributed by atoms with Gasteiger partial charge in [0.15, 0.2) is 0 Å². The number of ether oxygens (including phenoxy) is 1. The van der Waals surface area contributed by atoms with Crippen molar-refractivity contribution < 1.29 is 29.3 Å². The van der Waals surface area contributed by atoms with Gasteiger partial charge >= 0.3 is 11.9 Å². The molecule has 0 saturated carbocycles. The van der Waals surface area contributed by atoms with E-state index in [2.05, 4.69) is 42.1 Å². The van der Waals surface area contributed by atoms with Crippen molar-refractivity contribution in [3.05, 3.63) is 27.1 Å². The second-order valence-corrected chi connectivity index (χ2v) is 6.44. The Morgan fingerprint density at radius 3 is 2.21 bits per heavy atom. The Labute approximate surface area is 155 Å². The number of morpholine rings is 1. The van der Waals surface area contributed by atoms with Crippen LogP contribution in [0.5, 0.6) is 0 Å². The molecule has 132 valence electrons. The minimum absolute atomic E-state index is 0.0000718. The van der Waals surface area contributed by atoms with Crippen molar-refractivity contribution in [2.75, 3.05) is 38.2 Å². The number of nitrogens with zero attached hydrogens (tertiary/aromatic N) is 1. The van der Waals surface area contributed by atoms with E-state index < -0.39 is 11.9 Å². The van der Waals surface area contributed by atoms with E-state index in [1.54, 1.807) is 0 Å². The highest BCUT2D eigenvalue weighted by Gasteiger charge is 2.14. The Kier molecular flexibility index (Phi) is 8.90. The Balaban J connectivity index is 0.000000413. The molecule has 24 heavy (non-hydrogen) atoms. The van der Waals surface area contributed by atoms with Crippen LogP contribution in [0.2, 0.25) is 0 Å². The van der Waals surface area contributed by atoms with Gasteiger partial charge in [0, 0.05) is 22.0 Å². The van der Waals surface area contributed by atoms with E-state index in [0.717, 1.165) is 27.7 Å². The molecule has 1 amide bonds. The number of carboxylic acid groups (broad SMARTS) is 2. The topological polar surface area (TPSA) is 116 Å². The number of halogens is 2.